The van der Waals surface area contributed by atoms with E-state index in [-0.39, 0.29) is 0 Å². The molecule has 2 aromatic heterocycles. The van der Waals surface area contributed by atoms with Gasteiger partial charge in [0.15, 0.2) is 5.16 Å². The number of hydrogen-bond acceptors (Lipinski definition) is 6. The van der Waals surface area contributed by atoms with Crippen molar-refractivity contribution in [3.05, 3.63) is 18.2 Å². The van der Waals surface area contributed by atoms with Gasteiger partial charge in [0.2, 0.25) is 0 Å². The molecule has 1 N–H and O–H groups in total. The molecule has 2 heterocycles. The molecular weight excluding hydrogens is 236 g/mol. The lowest BCUT2D eigenvalue weighted by atomic mass is 10.4. The SMILES string of the molecule is CCc1nc(NC)cc(Sc2ncnn2C)n1. The normalized spacial score (nSPS) is 10.5. The van der Waals surface area contributed by atoms with Crippen molar-refractivity contribution in [2.24, 2.45) is 7.05 Å². The maximum absolute atomic E-state index is 4.45. The Bertz CT molecular complexity index is 487. The maximum Gasteiger partial charge on any atom is 0.192 e. The van der Waals surface area contributed by atoms with Gasteiger partial charge in [0.05, 0.1) is 0 Å². The Kier molecular flexibility index (Phi) is 3.58. The van der Waals surface area contributed by atoms with Crippen LogP contribution in [0.4, 0.5) is 5.82 Å². The van der Waals surface area contributed by atoms with Gasteiger partial charge in [-0.2, -0.15) is 5.10 Å². The van der Waals surface area contributed by atoms with Crippen LogP contribution < -0.4 is 5.32 Å². The topological polar surface area (TPSA) is 68.5 Å². The highest BCUT2D eigenvalue weighted by Crippen LogP contribution is 2.24. The summed E-state index contributed by atoms with van der Waals surface area (Å²) in [7, 11) is 3.70. The van der Waals surface area contributed by atoms with E-state index in [9.17, 15) is 0 Å². The second-order valence-electron chi connectivity index (χ2n) is 3.38. The highest BCUT2D eigenvalue weighted by Gasteiger charge is 2.07. The van der Waals surface area contributed by atoms with Crippen LogP contribution in [0.5, 0.6) is 0 Å². The lowest BCUT2D eigenvalue weighted by molar-refractivity contribution is 0.684. The van der Waals surface area contributed by atoms with Crippen LogP contribution in [0.15, 0.2) is 22.6 Å². The molecule has 0 bridgehead atoms. The minimum Gasteiger partial charge on any atom is -0.373 e. The highest BCUT2D eigenvalue weighted by molar-refractivity contribution is 7.99. The number of rotatable bonds is 4. The summed E-state index contributed by atoms with van der Waals surface area (Å²) in [5.74, 6) is 1.64. The molecule has 6 nitrogen and oxygen atoms in total. The molecule has 0 aliphatic carbocycles. The Morgan fingerprint density at radius 1 is 1.41 bits per heavy atom. The van der Waals surface area contributed by atoms with Gasteiger partial charge in [-0.1, -0.05) is 6.92 Å². The Morgan fingerprint density at radius 2 is 2.24 bits per heavy atom. The number of anilines is 1. The van der Waals surface area contributed by atoms with Gasteiger partial charge in [-0.3, -0.25) is 0 Å². The molecule has 0 saturated heterocycles. The smallest absolute Gasteiger partial charge is 0.192 e. The average molecular weight is 250 g/mol. The van der Waals surface area contributed by atoms with Crippen LogP contribution in [0.3, 0.4) is 0 Å². The molecule has 0 aliphatic rings. The first-order valence-corrected chi connectivity index (χ1v) is 6.12. The van der Waals surface area contributed by atoms with Gasteiger partial charge < -0.3 is 5.32 Å². The zero-order valence-corrected chi connectivity index (χ0v) is 10.8. The molecule has 90 valence electrons. The number of hydrogen-bond donors (Lipinski definition) is 1. The fourth-order valence-corrected chi connectivity index (χ4v) is 2.07. The quantitative estimate of drug-likeness (QED) is 0.826. The molecule has 0 unspecified atom stereocenters. The van der Waals surface area contributed by atoms with Crippen LogP contribution in [0.25, 0.3) is 0 Å². The monoisotopic (exact) mass is 250 g/mol. The van der Waals surface area contributed by atoms with Crippen molar-refractivity contribution in [1.29, 1.82) is 0 Å². The van der Waals surface area contributed by atoms with Crippen LogP contribution in [-0.2, 0) is 13.5 Å². The summed E-state index contributed by atoms with van der Waals surface area (Å²) in [6.45, 7) is 2.03. The van der Waals surface area contributed by atoms with Crippen LogP contribution in [-0.4, -0.2) is 31.8 Å². The van der Waals surface area contributed by atoms with E-state index in [0.717, 1.165) is 28.2 Å². The molecule has 17 heavy (non-hydrogen) atoms. The summed E-state index contributed by atoms with van der Waals surface area (Å²) in [5, 5.41) is 8.74. The molecule has 0 amide bonds. The lowest BCUT2D eigenvalue weighted by Gasteiger charge is -2.05. The minimum absolute atomic E-state index is 0.807. The molecule has 2 aromatic rings. The summed E-state index contributed by atoms with van der Waals surface area (Å²) < 4.78 is 1.72. The first-order chi connectivity index (χ1) is 8.22. The number of nitrogens with zero attached hydrogens (tertiary/aromatic N) is 5. The van der Waals surface area contributed by atoms with Gasteiger partial charge in [0.25, 0.3) is 0 Å². The third-order valence-electron chi connectivity index (χ3n) is 2.19. The Morgan fingerprint density at radius 3 is 2.82 bits per heavy atom. The predicted octanol–water partition coefficient (Wildman–Crippen LogP) is 1.36. The zero-order valence-electron chi connectivity index (χ0n) is 10.0. The molecule has 0 aromatic carbocycles. The fourth-order valence-electron chi connectivity index (χ4n) is 1.28. The summed E-state index contributed by atoms with van der Waals surface area (Å²) in [6, 6.07) is 1.90. The predicted molar refractivity (Wildman–Crippen MR) is 66.1 cm³/mol. The maximum atomic E-state index is 4.45. The third kappa shape index (κ3) is 2.73. The van der Waals surface area contributed by atoms with E-state index in [1.54, 1.807) is 4.68 Å². The van der Waals surface area contributed by atoms with Crippen molar-refractivity contribution in [1.82, 2.24) is 24.7 Å². The van der Waals surface area contributed by atoms with E-state index < -0.39 is 0 Å². The van der Waals surface area contributed by atoms with Crippen molar-refractivity contribution in [3.63, 3.8) is 0 Å². The Labute approximate surface area is 104 Å². The van der Waals surface area contributed by atoms with Crippen LogP contribution in [0, 0.1) is 0 Å². The molecule has 0 fully saturated rings. The van der Waals surface area contributed by atoms with E-state index in [2.05, 4.69) is 25.4 Å². The molecular formula is C10H14N6S. The van der Waals surface area contributed by atoms with Gasteiger partial charge in [0, 0.05) is 26.6 Å². The third-order valence-corrected chi connectivity index (χ3v) is 3.16. The number of aromatic nitrogens is 5. The molecule has 2 rings (SSSR count). The molecule has 0 spiro atoms. The molecule has 0 radical (unpaired) electrons. The highest BCUT2D eigenvalue weighted by atomic mass is 32.2. The second-order valence-corrected chi connectivity index (χ2v) is 4.37. The van der Waals surface area contributed by atoms with Gasteiger partial charge in [-0.05, 0) is 11.8 Å². The van der Waals surface area contributed by atoms with Crippen molar-refractivity contribution in [2.75, 3.05) is 12.4 Å². The van der Waals surface area contributed by atoms with Crippen molar-refractivity contribution in [2.45, 2.75) is 23.5 Å². The summed E-state index contributed by atoms with van der Waals surface area (Å²) in [4.78, 5) is 12.9. The van der Waals surface area contributed by atoms with Gasteiger partial charge >= 0.3 is 0 Å². The zero-order chi connectivity index (χ0) is 12.3. The first kappa shape index (κ1) is 11.8. The van der Waals surface area contributed by atoms with Gasteiger partial charge in [-0.25, -0.2) is 19.6 Å². The summed E-state index contributed by atoms with van der Waals surface area (Å²) in [5.41, 5.74) is 0. The first-order valence-electron chi connectivity index (χ1n) is 5.30. The lowest BCUT2D eigenvalue weighted by Crippen LogP contribution is -2.01. The molecule has 0 saturated carbocycles. The van der Waals surface area contributed by atoms with E-state index in [0.29, 0.717) is 0 Å². The standard InChI is InChI=1S/C10H14N6S/c1-4-7-14-8(11-2)5-9(15-7)17-10-12-6-13-16(10)3/h5-6H,4H2,1-3H3,(H,11,14,15). The van der Waals surface area contributed by atoms with Crippen LogP contribution in [0.1, 0.15) is 12.7 Å². The van der Waals surface area contributed by atoms with E-state index >= 15 is 0 Å². The molecule has 0 atom stereocenters. The second kappa shape index (κ2) is 5.13. The van der Waals surface area contributed by atoms with E-state index in [1.807, 2.05) is 27.1 Å². The number of nitrogens with one attached hydrogen (secondary N) is 1. The molecule has 7 heteroatoms. The van der Waals surface area contributed by atoms with E-state index in [4.69, 9.17) is 0 Å². The largest absolute Gasteiger partial charge is 0.373 e. The average Bonchev–Trinajstić information content (AvgIpc) is 2.74. The van der Waals surface area contributed by atoms with Gasteiger partial charge in [0.1, 0.15) is 23.0 Å². The minimum atomic E-state index is 0.807. The Hall–Kier alpha value is -1.63. The van der Waals surface area contributed by atoms with Crippen molar-refractivity contribution >= 4 is 17.6 Å². The van der Waals surface area contributed by atoms with Crippen molar-refractivity contribution in [3.8, 4) is 0 Å². The van der Waals surface area contributed by atoms with Crippen LogP contribution in [0.2, 0.25) is 0 Å². The van der Waals surface area contributed by atoms with Gasteiger partial charge in [-0.15, -0.1) is 0 Å². The summed E-state index contributed by atoms with van der Waals surface area (Å²) in [6.07, 6.45) is 2.34. The van der Waals surface area contributed by atoms with Crippen molar-refractivity contribution < 1.29 is 0 Å². The Balaban J connectivity index is 2.29. The van der Waals surface area contributed by atoms with Crippen LogP contribution >= 0.6 is 11.8 Å². The van der Waals surface area contributed by atoms with E-state index in [1.165, 1.54) is 18.1 Å². The summed E-state index contributed by atoms with van der Waals surface area (Å²) >= 11 is 1.48. The number of aryl methyl sites for hydroxylation is 2. The fraction of sp³-hybridized carbons (Fsp3) is 0.400. The molecule has 0 aliphatic heterocycles.